The van der Waals surface area contributed by atoms with Crippen LogP contribution in [0.3, 0.4) is 0 Å². The predicted octanol–water partition coefficient (Wildman–Crippen LogP) is 0.810. The fourth-order valence-electron chi connectivity index (χ4n) is 2.52. The topological polar surface area (TPSA) is 93.4 Å². The van der Waals surface area contributed by atoms with Crippen LogP contribution in [0.5, 0.6) is 5.88 Å². The second-order valence-electron chi connectivity index (χ2n) is 5.16. The molecule has 0 spiro atoms. The van der Waals surface area contributed by atoms with Crippen LogP contribution < -0.4 is 20.7 Å². The summed E-state index contributed by atoms with van der Waals surface area (Å²) in [7, 11) is 1.66. The normalized spacial score (nSPS) is 18.4. The number of nitrogens with two attached hydrogens (primary N) is 1. The van der Waals surface area contributed by atoms with Crippen LogP contribution in [-0.4, -0.2) is 42.6 Å². The van der Waals surface area contributed by atoms with E-state index >= 15 is 0 Å². The van der Waals surface area contributed by atoms with Gasteiger partial charge in [-0.2, -0.15) is 4.98 Å². The van der Waals surface area contributed by atoms with Crippen LogP contribution in [0.15, 0.2) is 6.33 Å². The van der Waals surface area contributed by atoms with Crippen LogP contribution in [0, 0.1) is 5.92 Å². The first-order valence-corrected chi connectivity index (χ1v) is 7.37. The van der Waals surface area contributed by atoms with Crippen molar-refractivity contribution in [1.29, 1.82) is 0 Å². The lowest BCUT2D eigenvalue weighted by Gasteiger charge is -2.33. The van der Waals surface area contributed by atoms with E-state index in [0.29, 0.717) is 30.5 Å². The summed E-state index contributed by atoms with van der Waals surface area (Å²) < 4.78 is 5.53. The molecule has 1 aromatic rings. The van der Waals surface area contributed by atoms with Crippen LogP contribution >= 0.6 is 0 Å². The summed E-state index contributed by atoms with van der Waals surface area (Å²) in [4.78, 5) is 22.2. The minimum atomic E-state index is -0.0295. The summed E-state index contributed by atoms with van der Waals surface area (Å²) in [5.74, 6) is 1.11. The average molecular weight is 293 g/mol. The summed E-state index contributed by atoms with van der Waals surface area (Å²) in [5, 5.41) is 2.71. The molecule has 1 aliphatic heterocycles. The van der Waals surface area contributed by atoms with E-state index < -0.39 is 0 Å². The van der Waals surface area contributed by atoms with Crippen molar-refractivity contribution in [3.8, 4) is 5.88 Å². The average Bonchev–Trinajstić information content (AvgIpc) is 2.53. The zero-order valence-corrected chi connectivity index (χ0v) is 12.6. The molecule has 2 heterocycles. The largest absolute Gasteiger partial charge is 0.476 e. The van der Waals surface area contributed by atoms with Crippen molar-refractivity contribution in [1.82, 2.24) is 15.3 Å². The molecule has 1 fully saturated rings. The molecule has 0 bridgehead atoms. The van der Waals surface area contributed by atoms with Gasteiger partial charge in [0.05, 0.1) is 12.5 Å². The number of rotatable bonds is 5. The maximum Gasteiger partial charge on any atom is 0.242 e. The number of carbonyl (C=O) groups is 1. The fourth-order valence-corrected chi connectivity index (χ4v) is 2.52. The molecule has 1 unspecified atom stereocenters. The summed E-state index contributed by atoms with van der Waals surface area (Å²) in [6.07, 6.45) is 4.18. The van der Waals surface area contributed by atoms with Gasteiger partial charge in [-0.05, 0) is 19.3 Å². The third-order valence-corrected chi connectivity index (χ3v) is 3.61. The highest BCUT2D eigenvalue weighted by Gasteiger charge is 2.27. The van der Waals surface area contributed by atoms with Crippen molar-refractivity contribution in [3.05, 3.63) is 6.33 Å². The Morgan fingerprint density at radius 1 is 1.57 bits per heavy atom. The number of hydrogen-bond acceptors (Lipinski definition) is 6. The zero-order valence-electron chi connectivity index (χ0n) is 12.6. The molecule has 21 heavy (non-hydrogen) atoms. The minimum absolute atomic E-state index is 0.0295. The number of hydrogen-bond donors (Lipinski definition) is 2. The fraction of sp³-hybridized carbons (Fsp3) is 0.643. The van der Waals surface area contributed by atoms with E-state index in [4.69, 9.17) is 10.5 Å². The van der Waals surface area contributed by atoms with Gasteiger partial charge in [-0.3, -0.25) is 4.79 Å². The van der Waals surface area contributed by atoms with Crippen molar-refractivity contribution >= 4 is 17.4 Å². The Morgan fingerprint density at radius 3 is 3.10 bits per heavy atom. The zero-order chi connectivity index (χ0) is 15.2. The number of carbonyl (C=O) groups excluding carboxylic acids is 1. The number of nitrogens with zero attached hydrogens (tertiary/aromatic N) is 3. The first-order valence-electron chi connectivity index (χ1n) is 7.37. The van der Waals surface area contributed by atoms with Crippen molar-refractivity contribution in [2.75, 3.05) is 37.4 Å². The summed E-state index contributed by atoms with van der Waals surface area (Å²) in [5.41, 5.74) is 6.56. The standard InChI is InChI=1S/C14H23N5O2/c1-3-7-21-14-11(15)12(17-9-18-14)19-6-4-5-10(8-19)13(20)16-2/h9-10H,3-8,15H2,1-2H3,(H,16,20). The Labute approximate surface area is 124 Å². The quantitative estimate of drug-likeness (QED) is 0.834. The molecule has 3 N–H and O–H groups in total. The molecule has 7 nitrogen and oxygen atoms in total. The van der Waals surface area contributed by atoms with Crippen molar-refractivity contribution < 1.29 is 9.53 Å². The lowest BCUT2D eigenvalue weighted by molar-refractivity contribution is -0.124. The van der Waals surface area contributed by atoms with Gasteiger partial charge >= 0.3 is 0 Å². The van der Waals surface area contributed by atoms with E-state index in [2.05, 4.69) is 15.3 Å². The summed E-state index contributed by atoms with van der Waals surface area (Å²) in [6, 6.07) is 0. The van der Waals surface area contributed by atoms with Crippen LogP contribution in [0.4, 0.5) is 11.5 Å². The van der Waals surface area contributed by atoms with Crippen LogP contribution in [0.25, 0.3) is 0 Å². The maximum absolute atomic E-state index is 11.8. The van der Waals surface area contributed by atoms with E-state index in [1.165, 1.54) is 6.33 Å². The Kier molecular flexibility index (Phi) is 5.19. The molecule has 1 saturated heterocycles. The van der Waals surface area contributed by atoms with Gasteiger partial charge in [-0.15, -0.1) is 0 Å². The van der Waals surface area contributed by atoms with E-state index in [9.17, 15) is 4.79 Å². The Balaban J connectivity index is 2.15. The van der Waals surface area contributed by atoms with Gasteiger partial charge in [-0.25, -0.2) is 4.98 Å². The van der Waals surface area contributed by atoms with Crippen LogP contribution in [0.1, 0.15) is 26.2 Å². The number of nitrogens with one attached hydrogen (secondary N) is 1. The monoisotopic (exact) mass is 293 g/mol. The Hall–Kier alpha value is -2.05. The van der Waals surface area contributed by atoms with Crippen LogP contribution in [-0.2, 0) is 4.79 Å². The van der Waals surface area contributed by atoms with Gasteiger partial charge in [0, 0.05) is 20.1 Å². The molecule has 1 aliphatic rings. The number of piperidine rings is 1. The second-order valence-corrected chi connectivity index (χ2v) is 5.16. The number of anilines is 2. The highest BCUT2D eigenvalue weighted by Crippen LogP contribution is 2.31. The van der Waals surface area contributed by atoms with Crippen molar-refractivity contribution in [2.24, 2.45) is 5.92 Å². The van der Waals surface area contributed by atoms with E-state index in [1.807, 2.05) is 11.8 Å². The molecular formula is C14H23N5O2. The van der Waals surface area contributed by atoms with Gasteiger partial charge in [-0.1, -0.05) is 6.92 Å². The Morgan fingerprint density at radius 2 is 2.38 bits per heavy atom. The van der Waals surface area contributed by atoms with E-state index in [0.717, 1.165) is 25.8 Å². The highest BCUT2D eigenvalue weighted by molar-refractivity contribution is 5.79. The molecule has 116 valence electrons. The molecule has 7 heteroatoms. The molecular weight excluding hydrogens is 270 g/mol. The number of aromatic nitrogens is 2. The lowest BCUT2D eigenvalue weighted by atomic mass is 9.97. The van der Waals surface area contributed by atoms with Crippen LogP contribution in [0.2, 0.25) is 0 Å². The van der Waals surface area contributed by atoms with Gasteiger partial charge in [0.15, 0.2) is 5.82 Å². The smallest absolute Gasteiger partial charge is 0.242 e. The second kappa shape index (κ2) is 7.10. The molecule has 0 saturated carbocycles. The molecule has 0 aliphatic carbocycles. The molecule has 2 rings (SSSR count). The number of amides is 1. The third kappa shape index (κ3) is 3.53. The first kappa shape index (κ1) is 15.3. The number of ether oxygens (including phenoxy) is 1. The Bertz CT molecular complexity index is 494. The first-order chi connectivity index (χ1) is 10.2. The van der Waals surface area contributed by atoms with Gasteiger partial charge in [0.1, 0.15) is 12.0 Å². The van der Waals surface area contributed by atoms with E-state index in [1.54, 1.807) is 7.05 Å². The summed E-state index contributed by atoms with van der Waals surface area (Å²) >= 11 is 0. The molecule has 1 amide bonds. The highest BCUT2D eigenvalue weighted by atomic mass is 16.5. The van der Waals surface area contributed by atoms with E-state index in [-0.39, 0.29) is 11.8 Å². The molecule has 0 radical (unpaired) electrons. The van der Waals surface area contributed by atoms with Crippen molar-refractivity contribution in [2.45, 2.75) is 26.2 Å². The molecule has 0 aromatic carbocycles. The SMILES string of the molecule is CCCOc1ncnc(N2CCCC(C(=O)NC)C2)c1N. The summed E-state index contributed by atoms with van der Waals surface area (Å²) in [6.45, 7) is 4.05. The van der Waals surface area contributed by atoms with Gasteiger partial charge in [0.25, 0.3) is 0 Å². The van der Waals surface area contributed by atoms with Gasteiger partial charge in [0.2, 0.25) is 11.8 Å². The lowest BCUT2D eigenvalue weighted by Crippen LogP contribution is -2.42. The molecule has 1 atom stereocenters. The minimum Gasteiger partial charge on any atom is -0.476 e. The molecule has 1 aromatic heterocycles. The third-order valence-electron chi connectivity index (χ3n) is 3.61. The van der Waals surface area contributed by atoms with Gasteiger partial charge < -0.3 is 20.7 Å². The number of nitrogen functional groups attached to an aromatic ring is 1. The maximum atomic E-state index is 11.8. The predicted molar refractivity (Wildman–Crippen MR) is 81.2 cm³/mol. The van der Waals surface area contributed by atoms with Crippen molar-refractivity contribution in [3.63, 3.8) is 0 Å².